The van der Waals surface area contributed by atoms with E-state index in [9.17, 15) is 0 Å². The van der Waals surface area contributed by atoms with Gasteiger partial charge in [0.25, 0.3) is 0 Å². The van der Waals surface area contributed by atoms with Crippen LogP contribution in [-0.4, -0.2) is 28.0 Å². The van der Waals surface area contributed by atoms with Crippen molar-refractivity contribution in [2.45, 2.75) is 26.2 Å². The highest BCUT2D eigenvalue weighted by molar-refractivity contribution is 7.15. The number of thiazole rings is 1. The first-order valence-corrected chi connectivity index (χ1v) is 7.57. The van der Waals surface area contributed by atoms with Gasteiger partial charge in [-0.25, -0.2) is 9.97 Å². The minimum Gasteiger partial charge on any atom is -0.316 e. The molecule has 1 saturated heterocycles. The average molecular weight is 274 g/mol. The summed E-state index contributed by atoms with van der Waals surface area (Å²) in [6.45, 7) is 4.27. The zero-order valence-electron chi connectivity index (χ0n) is 11.1. The molecule has 0 aromatic carbocycles. The molecule has 0 aliphatic carbocycles. The van der Waals surface area contributed by atoms with Gasteiger partial charge in [0.2, 0.25) is 0 Å². The Hall–Kier alpha value is -1.33. The fourth-order valence-electron chi connectivity index (χ4n) is 2.50. The first-order valence-electron chi connectivity index (χ1n) is 6.76. The van der Waals surface area contributed by atoms with Crippen LogP contribution in [0.25, 0.3) is 10.6 Å². The zero-order chi connectivity index (χ0) is 13.1. The molecule has 0 spiro atoms. The number of hydrogen-bond donors (Lipinski definition) is 1. The van der Waals surface area contributed by atoms with Gasteiger partial charge in [-0.05, 0) is 45.2 Å². The molecule has 0 saturated carbocycles. The Kier molecular flexibility index (Phi) is 3.84. The lowest BCUT2D eigenvalue weighted by Crippen LogP contribution is -2.31. The Morgan fingerprint density at radius 3 is 3.05 bits per heavy atom. The average Bonchev–Trinajstić information content (AvgIpc) is 2.87. The van der Waals surface area contributed by atoms with E-state index in [1.54, 1.807) is 11.3 Å². The van der Waals surface area contributed by atoms with Gasteiger partial charge in [0.05, 0.1) is 21.8 Å². The summed E-state index contributed by atoms with van der Waals surface area (Å²) in [5, 5.41) is 4.52. The summed E-state index contributed by atoms with van der Waals surface area (Å²) in [4.78, 5) is 14.4. The molecular weight excluding hydrogens is 256 g/mol. The van der Waals surface area contributed by atoms with Crippen LogP contribution >= 0.6 is 11.3 Å². The maximum atomic E-state index is 4.73. The van der Waals surface area contributed by atoms with E-state index in [0.29, 0.717) is 5.92 Å². The van der Waals surface area contributed by atoms with Gasteiger partial charge in [0.1, 0.15) is 5.69 Å². The number of rotatable bonds is 3. The molecule has 0 radical (unpaired) electrons. The van der Waals surface area contributed by atoms with Crippen LogP contribution in [0.4, 0.5) is 0 Å². The quantitative estimate of drug-likeness (QED) is 0.934. The predicted molar refractivity (Wildman–Crippen MR) is 77.2 cm³/mol. The molecule has 0 amide bonds. The Balaban J connectivity index is 1.75. The van der Waals surface area contributed by atoms with Crippen molar-refractivity contribution in [2.24, 2.45) is 5.92 Å². The van der Waals surface area contributed by atoms with Crippen LogP contribution < -0.4 is 5.32 Å². The second-order valence-electron chi connectivity index (χ2n) is 5.06. The summed E-state index contributed by atoms with van der Waals surface area (Å²) < 4.78 is 0. The lowest BCUT2D eigenvalue weighted by molar-refractivity contribution is 0.373. The second-order valence-corrected chi connectivity index (χ2v) is 6.29. The van der Waals surface area contributed by atoms with Gasteiger partial charge in [-0.1, -0.05) is 0 Å². The van der Waals surface area contributed by atoms with Crippen LogP contribution in [0.15, 0.2) is 18.6 Å². The molecule has 1 aliphatic rings. The van der Waals surface area contributed by atoms with Crippen LogP contribution in [-0.2, 0) is 6.42 Å². The molecule has 5 heteroatoms. The van der Waals surface area contributed by atoms with Crippen molar-refractivity contribution < 1.29 is 0 Å². The fraction of sp³-hybridized carbons (Fsp3) is 0.500. The van der Waals surface area contributed by atoms with E-state index in [4.69, 9.17) is 4.98 Å². The molecule has 19 heavy (non-hydrogen) atoms. The van der Waals surface area contributed by atoms with Gasteiger partial charge in [0, 0.05) is 12.4 Å². The van der Waals surface area contributed by atoms with Crippen LogP contribution in [0.5, 0.6) is 0 Å². The smallest absolute Gasteiger partial charge is 0.100 e. The van der Waals surface area contributed by atoms with E-state index in [1.165, 1.54) is 12.8 Å². The topological polar surface area (TPSA) is 50.7 Å². The van der Waals surface area contributed by atoms with Crippen molar-refractivity contribution in [2.75, 3.05) is 13.1 Å². The third kappa shape index (κ3) is 3.16. The van der Waals surface area contributed by atoms with Gasteiger partial charge in [-0.3, -0.25) is 4.98 Å². The maximum Gasteiger partial charge on any atom is 0.100 e. The van der Waals surface area contributed by atoms with Crippen molar-refractivity contribution in [3.63, 3.8) is 0 Å². The third-order valence-electron chi connectivity index (χ3n) is 3.45. The normalized spacial score (nSPS) is 19.5. The number of hydrogen-bond acceptors (Lipinski definition) is 5. The molecule has 2 aromatic rings. The molecule has 1 aliphatic heterocycles. The first kappa shape index (κ1) is 12.7. The van der Waals surface area contributed by atoms with Crippen LogP contribution in [0.2, 0.25) is 0 Å². The van der Waals surface area contributed by atoms with Crippen LogP contribution in [0, 0.1) is 12.8 Å². The molecule has 3 heterocycles. The van der Waals surface area contributed by atoms with Crippen LogP contribution in [0.3, 0.4) is 0 Å². The number of piperidine rings is 1. The summed E-state index contributed by atoms with van der Waals surface area (Å²) in [7, 11) is 0. The molecule has 4 nitrogen and oxygen atoms in total. The van der Waals surface area contributed by atoms with Gasteiger partial charge in [-0.15, -0.1) is 11.3 Å². The lowest BCUT2D eigenvalue weighted by atomic mass is 9.95. The first-order chi connectivity index (χ1) is 9.31. The summed E-state index contributed by atoms with van der Waals surface area (Å²) in [6.07, 6.45) is 9.19. The molecule has 0 bridgehead atoms. The highest BCUT2D eigenvalue weighted by Gasteiger charge is 2.15. The molecule has 3 rings (SSSR count). The third-order valence-corrected chi connectivity index (χ3v) is 4.39. The van der Waals surface area contributed by atoms with E-state index in [2.05, 4.69) is 15.3 Å². The summed E-state index contributed by atoms with van der Waals surface area (Å²) in [6, 6.07) is 0. The zero-order valence-corrected chi connectivity index (χ0v) is 11.9. The standard InChI is InChI=1S/C14H18N4S/c1-10-17-9-14(19-10)13-8-16-7-12(18-13)5-11-3-2-4-15-6-11/h7-9,11,15H,2-6H2,1H3/t11-/m0/s1. The minimum atomic E-state index is 0.696. The van der Waals surface area contributed by atoms with Crippen molar-refractivity contribution in [1.29, 1.82) is 0 Å². The lowest BCUT2D eigenvalue weighted by Gasteiger charge is -2.22. The minimum absolute atomic E-state index is 0.696. The molecule has 100 valence electrons. The largest absolute Gasteiger partial charge is 0.316 e. The fourth-order valence-corrected chi connectivity index (χ4v) is 3.23. The predicted octanol–water partition coefficient (Wildman–Crippen LogP) is 2.45. The van der Waals surface area contributed by atoms with Gasteiger partial charge in [-0.2, -0.15) is 0 Å². The highest BCUT2D eigenvalue weighted by atomic mass is 32.1. The number of aryl methyl sites for hydroxylation is 1. The Morgan fingerprint density at radius 2 is 2.32 bits per heavy atom. The van der Waals surface area contributed by atoms with E-state index in [0.717, 1.165) is 40.8 Å². The number of nitrogens with zero attached hydrogens (tertiary/aromatic N) is 3. The Labute approximate surface area is 117 Å². The maximum absolute atomic E-state index is 4.73. The van der Waals surface area contributed by atoms with E-state index in [-0.39, 0.29) is 0 Å². The van der Waals surface area contributed by atoms with Crippen LogP contribution in [0.1, 0.15) is 23.5 Å². The Morgan fingerprint density at radius 1 is 1.37 bits per heavy atom. The van der Waals surface area contributed by atoms with Gasteiger partial charge in [0.15, 0.2) is 0 Å². The van der Waals surface area contributed by atoms with Gasteiger partial charge < -0.3 is 5.32 Å². The SMILES string of the molecule is Cc1ncc(-c2cncc(C[C@@H]3CCCNC3)n2)s1. The molecule has 2 aromatic heterocycles. The van der Waals surface area contributed by atoms with Crippen molar-refractivity contribution in [1.82, 2.24) is 20.3 Å². The highest BCUT2D eigenvalue weighted by Crippen LogP contribution is 2.24. The molecule has 1 N–H and O–H groups in total. The number of nitrogens with one attached hydrogen (secondary N) is 1. The molecule has 1 fully saturated rings. The van der Waals surface area contributed by atoms with E-state index < -0.39 is 0 Å². The Bertz CT molecular complexity index is 546. The van der Waals surface area contributed by atoms with Gasteiger partial charge >= 0.3 is 0 Å². The van der Waals surface area contributed by atoms with Crippen molar-refractivity contribution >= 4 is 11.3 Å². The molecule has 0 unspecified atom stereocenters. The van der Waals surface area contributed by atoms with E-state index >= 15 is 0 Å². The molecular formula is C14H18N4S. The van der Waals surface area contributed by atoms with Crippen molar-refractivity contribution in [3.05, 3.63) is 29.3 Å². The monoisotopic (exact) mass is 274 g/mol. The number of aromatic nitrogens is 3. The molecule has 1 atom stereocenters. The summed E-state index contributed by atoms with van der Waals surface area (Å²) in [5.41, 5.74) is 2.05. The second kappa shape index (κ2) is 5.75. The van der Waals surface area contributed by atoms with Crippen molar-refractivity contribution in [3.8, 4) is 10.6 Å². The summed E-state index contributed by atoms with van der Waals surface area (Å²) >= 11 is 1.67. The van der Waals surface area contributed by atoms with E-state index in [1.807, 2.05) is 25.5 Å². The summed E-state index contributed by atoms with van der Waals surface area (Å²) in [5.74, 6) is 0.696.